The molecule has 0 radical (unpaired) electrons. The van der Waals surface area contributed by atoms with Crippen LogP contribution in [0.25, 0.3) is 0 Å². The highest BCUT2D eigenvalue weighted by Gasteiger charge is 2.22. The number of carboxylic acids is 1. The van der Waals surface area contributed by atoms with Crippen molar-refractivity contribution < 1.29 is 9.90 Å². The first-order chi connectivity index (χ1) is 10.1. The standard InChI is InChI=1S/C12H14N4O2S3/c1-4-6-7(5-2)13-14-9(8(6)10(17)18)20-12-16-15-11(19-3)21-12/h4-5H2,1-3H3,(H,17,18). The first-order valence-electron chi connectivity index (χ1n) is 6.27. The number of aryl methyl sites for hydroxylation is 1. The van der Waals surface area contributed by atoms with Crippen molar-refractivity contribution in [3.05, 3.63) is 16.8 Å². The molecule has 6 nitrogen and oxygen atoms in total. The fourth-order valence-electron chi connectivity index (χ4n) is 1.85. The van der Waals surface area contributed by atoms with Crippen LogP contribution >= 0.6 is 34.9 Å². The highest BCUT2D eigenvalue weighted by atomic mass is 32.2. The molecule has 0 aliphatic heterocycles. The predicted octanol–water partition coefficient (Wildman–Crippen LogP) is 3.02. The lowest BCUT2D eigenvalue weighted by Gasteiger charge is -2.10. The van der Waals surface area contributed by atoms with Gasteiger partial charge in [0, 0.05) is 0 Å². The van der Waals surface area contributed by atoms with Gasteiger partial charge in [-0.25, -0.2) is 4.79 Å². The zero-order valence-corrected chi connectivity index (χ0v) is 14.2. The van der Waals surface area contributed by atoms with Gasteiger partial charge in [0.15, 0.2) is 8.68 Å². The third-order valence-electron chi connectivity index (χ3n) is 2.77. The molecule has 21 heavy (non-hydrogen) atoms. The molecule has 2 aromatic rings. The van der Waals surface area contributed by atoms with E-state index in [9.17, 15) is 9.90 Å². The molecule has 0 bridgehead atoms. The molecule has 0 fully saturated rings. The number of hydrogen-bond acceptors (Lipinski definition) is 8. The molecule has 1 N–H and O–H groups in total. The first kappa shape index (κ1) is 16.2. The summed E-state index contributed by atoms with van der Waals surface area (Å²) in [5, 5.41) is 26.1. The van der Waals surface area contributed by atoms with Crippen LogP contribution in [-0.2, 0) is 12.8 Å². The number of carbonyl (C=O) groups is 1. The summed E-state index contributed by atoms with van der Waals surface area (Å²) in [6.45, 7) is 3.87. The normalized spacial score (nSPS) is 10.8. The van der Waals surface area contributed by atoms with Crippen molar-refractivity contribution in [1.82, 2.24) is 20.4 Å². The molecule has 2 rings (SSSR count). The maximum atomic E-state index is 11.6. The SMILES string of the molecule is CCc1nnc(Sc2nnc(SC)s2)c(C(=O)O)c1CC. The number of hydrogen-bond donors (Lipinski definition) is 1. The monoisotopic (exact) mass is 342 g/mol. The Kier molecular flexibility index (Phi) is 5.54. The Labute approximate surface area is 134 Å². The van der Waals surface area contributed by atoms with Gasteiger partial charge in [0.2, 0.25) is 0 Å². The van der Waals surface area contributed by atoms with Gasteiger partial charge in [0.25, 0.3) is 0 Å². The van der Waals surface area contributed by atoms with E-state index < -0.39 is 5.97 Å². The van der Waals surface area contributed by atoms with Crippen LogP contribution in [0.1, 0.15) is 35.5 Å². The summed E-state index contributed by atoms with van der Waals surface area (Å²) in [7, 11) is 0. The average molecular weight is 342 g/mol. The Morgan fingerprint density at radius 3 is 2.38 bits per heavy atom. The van der Waals surface area contributed by atoms with Crippen LogP contribution in [0.3, 0.4) is 0 Å². The molecule has 2 heterocycles. The van der Waals surface area contributed by atoms with Crippen molar-refractivity contribution in [2.75, 3.05) is 6.26 Å². The van der Waals surface area contributed by atoms with Crippen molar-refractivity contribution in [3.63, 3.8) is 0 Å². The number of aromatic carboxylic acids is 1. The highest BCUT2D eigenvalue weighted by molar-refractivity contribution is 8.03. The van der Waals surface area contributed by atoms with Gasteiger partial charge in [-0.2, -0.15) is 5.10 Å². The largest absolute Gasteiger partial charge is 0.478 e. The maximum Gasteiger partial charge on any atom is 0.338 e. The lowest BCUT2D eigenvalue weighted by Crippen LogP contribution is -2.11. The zero-order valence-electron chi connectivity index (χ0n) is 11.8. The topological polar surface area (TPSA) is 88.9 Å². The molecule has 0 spiro atoms. The number of nitrogens with zero attached hydrogens (tertiary/aromatic N) is 4. The van der Waals surface area contributed by atoms with Gasteiger partial charge in [0.05, 0.1) is 11.3 Å². The smallest absolute Gasteiger partial charge is 0.338 e. The molecule has 0 amide bonds. The van der Waals surface area contributed by atoms with E-state index in [1.807, 2.05) is 20.1 Å². The van der Waals surface area contributed by atoms with E-state index in [1.165, 1.54) is 34.9 Å². The molecule has 0 aliphatic rings. The van der Waals surface area contributed by atoms with Crippen LogP contribution in [-0.4, -0.2) is 37.7 Å². The van der Waals surface area contributed by atoms with E-state index in [0.29, 0.717) is 22.2 Å². The van der Waals surface area contributed by atoms with Crippen LogP contribution in [0.2, 0.25) is 0 Å². The van der Waals surface area contributed by atoms with Crippen LogP contribution in [0, 0.1) is 0 Å². The van der Waals surface area contributed by atoms with E-state index in [1.54, 1.807) is 0 Å². The molecule has 0 atom stereocenters. The predicted molar refractivity (Wildman–Crippen MR) is 83.6 cm³/mol. The van der Waals surface area contributed by atoms with E-state index in [4.69, 9.17) is 0 Å². The fourth-order valence-corrected chi connectivity index (χ4v) is 4.30. The lowest BCUT2D eigenvalue weighted by molar-refractivity contribution is 0.0690. The van der Waals surface area contributed by atoms with Crippen molar-refractivity contribution in [1.29, 1.82) is 0 Å². The molecule has 112 valence electrons. The quantitative estimate of drug-likeness (QED) is 0.801. The number of thioether (sulfide) groups is 1. The van der Waals surface area contributed by atoms with Crippen LogP contribution in [0.5, 0.6) is 0 Å². The minimum Gasteiger partial charge on any atom is -0.478 e. The summed E-state index contributed by atoms with van der Waals surface area (Å²) >= 11 is 4.12. The van der Waals surface area contributed by atoms with Gasteiger partial charge in [-0.3, -0.25) is 0 Å². The average Bonchev–Trinajstić information content (AvgIpc) is 2.93. The second kappa shape index (κ2) is 7.19. The summed E-state index contributed by atoms with van der Waals surface area (Å²) < 4.78 is 1.51. The van der Waals surface area contributed by atoms with Gasteiger partial charge in [-0.05, 0) is 36.4 Å². The summed E-state index contributed by atoms with van der Waals surface area (Å²) in [6, 6.07) is 0. The Hall–Kier alpha value is -1.19. The van der Waals surface area contributed by atoms with Crippen LogP contribution < -0.4 is 0 Å². The van der Waals surface area contributed by atoms with Crippen LogP contribution in [0.4, 0.5) is 0 Å². The minimum atomic E-state index is -0.978. The van der Waals surface area contributed by atoms with Gasteiger partial charge >= 0.3 is 5.97 Å². The molecule has 0 aliphatic carbocycles. The fraction of sp³-hybridized carbons (Fsp3) is 0.417. The Balaban J connectivity index is 2.45. The first-order valence-corrected chi connectivity index (χ1v) is 9.13. The molecule has 9 heteroatoms. The van der Waals surface area contributed by atoms with Crippen molar-refractivity contribution >= 4 is 40.8 Å². The summed E-state index contributed by atoms with van der Waals surface area (Å²) in [4.78, 5) is 11.6. The maximum absolute atomic E-state index is 11.6. The second-order valence-corrected chi connectivity index (χ2v) is 7.22. The van der Waals surface area contributed by atoms with Gasteiger partial charge in [-0.1, -0.05) is 36.9 Å². The zero-order chi connectivity index (χ0) is 15.4. The summed E-state index contributed by atoms with van der Waals surface area (Å²) in [5.41, 5.74) is 1.72. The molecular weight excluding hydrogens is 328 g/mol. The van der Waals surface area contributed by atoms with E-state index in [2.05, 4.69) is 20.4 Å². The second-order valence-electron chi connectivity index (χ2n) is 3.96. The lowest BCUT2D eigenvalue weighted by atomic mass is 10.0. The van der Waals surface area contributed by atoms with E-state index >= 15 is 0 Å². The van der Waals surface area contributed by atoms with Crippen LogP contribution in [0.15, 0.2) is 13.7 Å². The molecular formula is C12H14N4O2S3. The number of carboxylic acid groups (broad SMARTS) is 1. The highest BCUT2D eigenvalue weighted by Crippen LogP contribution is 2.34. The van der Waals surface area contributed by atoms with Gasteiger partial charge in [0.1, 0.15) is 5.03 Å². The molecule has 0 unspecified atom stereocenters. The Morgan fingerprint density at radius 1 is 1.14 bits per heavy atom. The molecule has 0 saturated carbocycles. The number of aromatic nitrogens is 4. The summed E-state index contributed by atoms with van der Waals surface area (Å²) in [5.74, 6) is -0.978. The van der Waals surface area contributed by atoms with Gasteiger partial charge < -0.3 is 5.11 Å². The van der Waals surface area contributed by atoms with E-state index in [-0.39, 0.29) is 5.56 Å². The van der Waals surface area contributed by atoms with Crippen molar-refractivity contribution in [2.24, 2.45) is 0 Å². The Morgan fingerprint density at radius 2 is 1.86 bits per heavy atom. The molecule has 2 aromatic heterocycles. The third-order valence-corrected chi connectivity index (χ3v) is 5.70. The minimum absolute atomic E-state index is 0.232. The third kappa shape index (κ3) is 3.53. The number of rotatable bonds is 6. The van der Waals surface area contributed by atoms with E-state index in [0.717, 1.165) is 15.6 Å². The van der Waals surface area contributed by atoms with Gasteiger partial charge in [-0.15, -0.1) is 15.3 Å². The molecule has 0 saturated heterocycles. The summed E-state index contributed by atoms with van der Waals surface area (Å²) in [6.07, 6.45) is 3.19. The van der Waals surface area contributed by atoms with Crippen molar-refractivity contribution in [2.45, 2.75) is 40.4 Å². The van der Waals surface area contributed by atoms with Crippen molar-refractivity contribution in [3.8, 4) is 0 Å². The Bertz CT molecular complexity index is 660. The molecule has 0 aromatic carbocycles.